The van der Waals surface area contributed by atoms with Crippen molar-refractivity contribution in [2.24, 2.45) is 5.92 Å². The predicted octanol–water partition coefficient (Wildman–Crippen LogP) is 2.06. The van der Waals surface area contributed by atoms with Crippen molar-refractivity contribution in [3.05, 3.63) is 0 Å². The molecule has 0 saturated carbocycles. The van der Waals surface area contributed by atoms with Gasteiger partial charge in [0.25, 0.3) is 0 Å². The summed E-state index contributed by atoms with van der Waals surface area (Å²) in [5.41, 5.74) is 0. The minimum absolute atomic E-state index is 0.697. The van der Waals surface area contributed by atoms with Crippen LogP contribution in [0.4, 0.5) is 0 Å². The highest BCUT2D eigenvalue weighted by Crippen LogP contribution is 2.21. The van der Waals surface area contributed by atoms with Crippen LogP contribution in [0, 0.1) is 5.92 Å². The van der Waals surface area contributed by atoms with Crippen molar-refractivity contribution >= 4 is 0 Å². The van der Waals surface area contributed by atoms with Gasteiger partial charge < -0.3 is 4.90 Å². The topological polar surface area (TPSA) is 6.48 Å². The summed E-state index contributed by atoms with van der Waals surface area (Å²) < 4.78 is 0. The highest BCUT2D eigenvalue weighted by atomic mass is 15.3. The highest BCUT2D eigenvalue weighted by molar-refractivity contribution is 4.85. The normalized spacial score (nSPS) is 28.3. The molecule has 2 unspecified atom stereocenters. The van der Waals surface area contributed by atoms with Crippen LogP contribution in [0.15, 0.2) is 0 Å². The number of piperazine rings is 1. The van der Waals surface area contributed by atoms with E-state index in [4.69, 9.17) is 0 Å². The quantitative estimate of drug-likeness (QED) is 0.685. The van der Waals surface area contributed by atoms with E-state index in [0.717, 1.165) is 12.0 Å². The Balaban J connectivity index is 2.63. The van der Waals surface area contributed by atoms with E-state index in [9.17, 15) is 0 Å². The molecule has 1 aliphatic heterocycles. The molecule has 84 valence electrons. The smallest absolute Gasteiger partial charge is 0.0251 e. The van der Waals surface area contributed by atoms with Crippen LogP contribution >= 0.6 is 0 Å². The number of nitrogens with zero attached hydrogens (tertiary/aromatic N) is 2. The molecule has 1 aliphatic rings. The molecular formula is C12H26N2. The molecule has 14 heavy (non-hydrogen) atoms. The molecule has 2 nitrogen and oxygen atoms in total. The maximum Gasteiger partial charge on any atom is 0.0251 e. The van der Waals surface area contributed by atoms with E-state index in [1.807, 2.05) is 0 Å². The molecule has 0 bridgehead atoms. The second kappa shape index (κ2) is 5.13. The molecule has 0 amide bonds. The lowest BCUT2D eigenvalue weighted by Crippen LogP contribution is -2.56. The van der Waals surface area contributed by atoms with E-state index in [2.05, 4.69) is 44.5 Å². The lowest BCUT2D eigenvalue weighted by atomic mass is 9.94. The average Bonchev–Trinajstić information content (AvgIpc) is 2.16. The third-order valence-electron chi connectivity index (χ3n) is 3.63. The third-order valence-corrected chi connectivity index (χ3v) is 3.63. The number of likely N-dealkylation sites (N-methyl/N-ethyl adjacent to an activating group) is 1. The van der Waals surface area contributed by atoms with Crippen molar-refractivity contribution in [2.45, 2.75) is 46.2 Å². The fourth-order valence-corrected chi connectivity index (χ4v) is 2.39. The van der Waals surface area contributed by atoms with Crippen molar-refractivity contribution in [3.63, 3.8) is 0 Å². The Morgan fingerprint density at radius 2 is 1.86 bits per heavy atom. The second-order valence-electron chi connectivity index (χ2n) is 5.05. The zero-order valence-electron chi connectivity index (χ0n) is 10.5. The fraction of sp³-hybridized carbons (Fsp3) is 1.00. The fourth-order valence-electron chi connectivity index (χ4n) is 2.39. The highest BCUT2D eigenvalue weighted by Gasteiger charge is 2.29. The minimum atomic E-state index is 0.697. The number of hydrogen-bond donors (Lipinski definition) is 0. The molecule has 0 radical (unpaired) electrons. The summed E-state index contributed by atoms with van der Waals surface area (Å²) >= 11 is 0. The van der Waals surface area contributed by atoms with Gasteiger partial charge in [0, 0.05) is 31.7 Å². The molecule has 2 heteroatoms. The van der Waals surface area contributed by atoms with Crippen LogP contribution in [-0.2, 0) is 0 Å². The Hall–Kier alpha value is -0.0800. The van der Waals surface area contributed by atoms with Gasteiger partial charge in [-0.15, -0.1) is 0 Å². The van der Waals surface area contributed by atoms with Gasteiger partial charge in [-0.05, 0) is 26.8 Å². The van der Waals surface area contributed by atoms with Gasteiger partial charge in [0.05, 0.1) is 0 Å². The molecule has 1 saturated heterocycles. The molecule has 1 heterocycles. The molecule has 0 spiro atoms. The molecule has 0 aromatic rings. The molecule has 0 aliphatic carbocycles. The number of rotatable bonds is 3. The Kier molecular flexibility index (Phi) is 4.39. The van der Waals surface area contributed by atoms with Crippen LogP contribution in [0.5, 0.6) is 0 Å². The van der Waals surface area contributed by atoms with E-state index >= 15 is 0 Å². The molecule has 0 N–H and O–H groups in total. The largest absolute Gasteiger partial charge is 0.304 e. The molecule has 2 atom stereocenters. The number of hydrogen-bond acceptors (Lipinski definition) is 2. The van der Waals surface area contributed by atoms with Crippen molar-refractivity contribution < 1.29 is 0 Å². The van der Waals surface area contributed by atoms with Crippen molar-refractivity contribution in [2.75, 3.05) is 26.7 Å². The summed E-state index contributed by atoms with van der Waals surface area (Å²) in [6.07, 6.45) is 1.29. The van der Waals surface area contributed by atoms with E-state index in [1.54, 1.807) is 0 Å². The molecule has 0 aromatic heterocycles. The summed E-state index contributed by atoms with van der Waals surface area (Å²) in [7, 11) is 2.24. The van der Waals surface area contributed by atoms with E-state index < -0.39 is 0 Å². The Bertz CT molecular complexity index is 168. The van der Waals surface area contributed by atoms with Crippen LogP contribution in [0.1, 0.15) is 34.1 Å². The van der Waals surface area contributed by atoms with Crippen molar-refractivity contribution in [3.8, 4) is 0 Å². The lowest BCUT2D eigenvalue weighted by molar-refractivity contribution is 0.0345. The van der Waals surface area contributed by atoms with Crippen LogP contribution in [0.25, 0.3) is 0 Å². The zero-order chi connectivity index (χ0) is 10.7. The summed E-state index contributed by atoms with van der Waals surface area (Å²) in [6, 6.07) is 1.46. The van der Waals surface area contributed by atoms with Gasteiger partial charge in [-0.2, -0.15) is 0 Å². The summed E-state index contributed by atoms with van der Waals surface area (Å²) in [6.45, 7) is 13.0. The maximum atomic E-state index is 2.67. The van der Waals surface area contributed by atoms with Crippen LogP contribution in [-0.4, -0.2) is 48.6 Å². The first kappa shape index (κ1) is 12.0. The first-order chi connectivity index (χ1) is 6.56. The second-order valence-corrected chi connectivity index (χ2v) is 5.05. The van der Waals surface area contributed by atoms with Gasteiger partial charge in [-0.1, -0.05) is 20.3 Å². The van der Waals surface area contributed by atoms with Gasteiger partial charge in [0.15, 0.2) is 0 Å². The van der Waals surface area contributed by atoms with Gasteiger partial charge in [0.2, 0.25) is 0 Å². The minimum Gasteiger partial charge on any atom is -0.304 e. The van der Waals surface area contributed by atoms with Crippen molar-refractivity contribution in [1.82, 2.24) is 9.80 Å². The van der Waals surface area contributed by atoms with Gasteiger partial charge in [0.1, 0.15) is 0 Å². The SMILES string of the molecule is CCC(C)C1CN(C)CCN1C(C)C. The molecule has 0 aromatic carbocycles. The Labute approximate surface area is 89.3 Å². The summed E-state index contributed by atoms with van der Waals surface area (Å²) in [4.78, 5) is 5.14. The third kappa shape index (κ3) is 2.71. The van der Waals surface area contributed by atoms with E-state index in [1.165, 1.54) is 26.1 Å². The zero-order valence-corrected chi connectivity index (χ0v) is 10.5. The van der Waals surface area contributed by atoms with E-state index in [-0.39, 0.29) is 0 Å². The summed E-state index contributed by atoms with van der Waals surface area (Å²) in [5.74, 6) is 0.820. The van der Waals surface area contributed by atoms with Gasteiger partial charge >= 0.3 is 0 Å². The van der Waals surface area contributed by atoms with Crippen molar-refractivity contribution in [1.29, 1.82) is 0 Å². The molecule has 1 rings (SSSR count). The maximum absolute atomic E-state index is 2.67. The Morgan fingerprint density at radius 1 is 1.21 bits per heavy atom. The van der Waals surface area contributed by atoms with Crippen LogP contribution in [0.3, 0.4) is 0 Å². The first-order valence-corrected chi connectivity index (χ1v) is 6.00. The standard InChI is InChI=1S/C12H26N2/c1-6-11(4)12-9-13(5)7-8-14(12)10(2)3/h10-12H,6-9H2,1-5H3. The monoisotopic (exact) mass is 198 g/mol. The Morgan fingerprint density at radius 3 is 2.36 bits per heavy atom. The van der Waals surface area contributed by atoms with E-state index in [0.29, 0.717) is 6.04 Å². The first-order valence-electron chi connectivity index (χ1n) is 6.00. The summed E-state index contributed by atoms with van der Waals surface area (Å²) in [5, 5.41) is 0. The molecular weight excluding hydrogens is 172 g/mol. The van der Waals surface area contributed by atoms with Crippen LogP contribution in [0.2, 0.25) is 0 Å². The predicted molar refractivity (Wildman–Crippen MR) is 62.6 cm³/mol. The van der Waals surface area contributed by atoms with Gasteiger partial charge in [-0.25, -0.2) is 0 Å². The lowest BCUT2D eigenvalue weighted by Gasteiger charge is -2.45. The molecule has 1 fully saturated rings. The average molecular weight is 198 g/mol. The van der Waals surface area contributed by atoms with Crippen LogP contribution < -0.4 is 0 Å². The van der Waals surface area contributed by atoms with Gasteiger partial charge in [-0.3, -0.25) is 4.90 Å².